The molecule has 4 heteroatoms. The van der Waals surface area contributed by atoms with Crippen molar-refractivity contribution in [1.29, 1.82) is 0 Å². The van der Waals surface area contributed by atoms with Crippen LogP contribution in [0.4, 0.5) is 0 Å². The second-order valence-electron chi connectivity index (χ2n) is 3.21. The third-order valence-electron chi connectivity index (χ3n) is 1.95. The molecule has 13 heavy (non-hydrogen) atoms. The van der Waals surface area contributed by atoms with Crippen LogP contribution in [0.2, 0.25) is 6.04 Å². The van der Waals surface area contributed by atoms with Gasteiger partial charge in [0.15, 0.2) is 0 Å². The minimum absolute atomic E-state index is 0.0627. The van der Waals surface area contributed by atoms with Crippen LogP contribution in [0.5, 0.6) is 0 Å². The normalized spacial score (nSPS) is 12.0. The summed E-state index contributed by atoms with van der Waals surface area (Å²) in [6, 6.07) is 1.41. The van der Waals surface area contributed by atoms with E-state index in [1.54, 1.807) is 0 Å². The standard InChI is InChI=1S/C9H25N3Si/c1-4-7-8-13-12-9(10-5-2)11-6-3/h9-12H,4-8,13H2,1-3H3. The average molecular weight is 203 g/mol. The molecule has 0 saturated heterocycles. The lowest BCUT2D eigenvalue weighted by atomic mass is 10.4. The van der Waals surface area contributed by atoms with Crippen molar-refractivity contribution >= 4 is 9.68 Å². The van der Waals surface area contributed by atoms with E-state index >= 15 is 0 Å². The zero-order chi connectivity index (χ0) is 9.94. The van der Waals surface area contributed by atoms with E-state index in [1.165, 1.54) is 18.9 Å². The molecule has 0 aliphatic carbocycles. The summed E-state index contributed by atoms with van der Waals surface area (Å²) < 4.78 is 0. The van der Waals surface area contributed by atoms with E-state index in [1.807, 2.05) is 0 Å². The largest absolute Gasteiger partial charge is 0.316 e. The molecular weight excluding hydrogens is 178 g/mol. The molecule has 0 fully saturated rings. The van der Waals surface area contributed by atoms with Crippen LogP contribution in [-0.4, -0.2) is 29.1 Å². The van der Waals surface area contributed by atoms with Crippen molar-refractivity contribution in [1.82, 2.24) is 15.6 Å². The van der Waals surface area contributed by atoms with Gasteiger partial charge in [-0.05, 0) is 19.1 Å². The van der Waals surface area contributed by atoms with E-state index in [0.29, 0.717) is 6.29 Å². The van der Waals surface area contributed by atoms with Gasteiger partial charge < -0.3 is 4.98 Å². The Kier molecular flexibility index (Phi) is 10.3. The van der Waals surface area contributed by atoms with Crippen LogP contribution in [0.15, 0.2) is 0 Å². The van der Waals surface area contributed by atoms with Crippen molar-refractivity contribution in [3.63, 3.8) is 0 Å². The first-order valence-corrected chi connectivity index (χ1v) is 7.26. The van der Waals surface area contributed by atoms with Gasteiger partial charge in [0.25, 0.3) is 0 Å². The second kappa shape index (κ2) is 10.2. The summed E-state index contributed by atoms with van der Waals surface area (Å²) >= 11 is 0. The molecule has 0 aliphatic heterocycles. The fourth-order valence-corrected chi connectivity index (χ4v) is 2.78. The lowest BCUT2D eigenvalue weighted by Crippen LogP contribution is -2.53. The predicted octanol–water partition coefficient (Wildman–Crippen LogP) is 0.381. The Balaban J connectivity index is 3.33. The van der Waals surface area contributed by atoms with Crippen molar-refractivity contribution < 1.29 is 0 Å². The van der Waals surface area contributed by atoms with Gasteiger partial charge in [0.1, 0.15) is 6.29 Å². The van der Waals surface area contributed by atoms with E-state index in [2.05, 4.69) is 36.4 Å². The molecule has 0 aromatic rings. The summed E-state index contributed by atoms with van der Waals surface area (Å²) in [6.45, 7) is 8.57. The highest BCUT2D eigenvalue weighted by atomic mass is 28.2. The number of nitrogens with one attached hydrogen (secondary N) is 3. The quantitative estimate of drug-likeness (QED) is 0.288. The molecule has 0 atom stereocenters. The highest BCUT2D eigenvalue weighted by Crippen LogP contribution is 1.91. The highest BCUT2D eigenvalue weighted by Gasteiger charge is 2.01. The summed E-state index contributed by atoms with van der Waals surface area (Å²) in [5, 5.41) is 6.75. The maximum Gasteiger partial charge on any atom is 0.105 e. The summed E-state index contributed by atoms with van der Waals surface area (Å²) in [6.07, 6.45) is 3.05. The molecule has 0 rings (SSSR count). The summed E-state index contributed by atoms with van der Waals surface area (Å²) in [7, 11) is -0.0627. The number of hydrogen-bond acceptors (Lipinski definition) is 3. The third-order valence-corrected chi connectivity index (χ3v) is 3.50. The van der Waals surface area contributed by atoms with Crippen LogP contribution in [0.3, 0.4) is 0 Å². The molecule has 0 spiro atoms. The first kappa shape index (κ1) is 13.1. The van der Waals surface area contributed by atoms with Crippen LogP contribution in [0, 0.1) is 0 Å². The van der Waals surface area contributed by atoms with Gasteiger partial charge in [-0.25, -0.2) is 0 Å². The molecule has 0 bridgehead atoms. The van der Waals surface area contributed by atoms with Gasteiger partial charge in [-0.15, -0.1) is 0 Å². The SMILES string of the molecule is CCCC[SiH2]NC(NCC)NCC. The zero-order valence-electron chi connectivity index (χ0n) is 9.32. The topological polar surface area (TPSA) is 36.1 Å². The first-order chi connectivity index (χ1) is 6.35. The Morgan fingerprint density at radius 2 is 1.69 bits per heavy atom. The van der Waals surface area contributed by atoms with Gasteiger partial charge in [-0.3, -0.25) is 10.6 Å². The number of hydrogen-bond donors (Lipinski definition) is 3. The van der Waals surface area contributed by atoms with E-state index < -0.39 is 0 Å². The van der Waals surface area contributed by atoms with Gasteiger partial charge in [0.05, 0.1) is 9.68 Å². The number of unbranched alkanes of at least 4 members (excludes halogenated alkanes) is 1. The molecule has 0 amide bonds. The average Bonchev–Trinajstić information content (AvgIpc) is 2.13. The first-order valence-electron chi connectivity index (χ1n) is 5.55. The summed E-state index contributed by atoms with van der Waals surface area (Å²) in [4.78, 5) is 3.57. The van der Waals surface area contributed by atoms with Crippen molar-refractivity contribution in [2.45, 2.75) is 45.9 Å². The monoisotopic (exact) mass is 203 g/mol. The van der Waals surface area contributed by atoms with Crippen LogP contribution < -0.4 is 15.6 Å². The fourth-order valence-electron chi connectivity index (χ4n) is 1.25. The maximum absolute atomic E-state index is 3.57. The van der Waals surface area contributed by atoms with Gasteiger partial charge in [-0.1, -0.05) is 33.6 Å². The van der Waals surface area contributed by atoms with Crippen LogP contribution >= 0.6 is 0 Å². The molecule has 80 valence electrons. The Morgan fingerprint density at radius 1 is 1.08 bits per heavy atom. The molecule has 0 aliphatic rings. The minimum atomic E-state index is -0.0627. The Bertz CT molecular complexity index is 94.9. The van der Waals surface area contributed by atoms with E-state index in [0.717, 1.165) is 13.1 Å². The van der Waals surface area contributed by atoms with E-state index in [4.69, 9.17) is 0 Å². The van der Waals surface area contributed by atoms with Crippen LogP contribution in [-0.2, 0) is 0 Å². The maximum atomic E-state index is 3.57. The highest BCUT2D eigenvalue weighted by molar-refractivity contribution is 6.32. The lowest BCUT2D eigenvalue weighted by Gasteiger charge is -2.19. The summed E-state index contributed by atoms with van der Waals surface area (Å²) in [5.74, 6) is 0. The molecular formula is C9H25N3Si. The Hall–Kier alpha value is 0.0969. The smallest absolute Gasteiger partial charge is 0.105 e. The molecule has 0 aromatic heterocycles. The van der Waals surface area contributed by atoms with E-state index in [9.17, 15) is 0 Å². The summed E-state index contributed by atoms with van der Waals surface area (Å²) in [5.41, 5.74) is 0. The predicted molar refractivity (Wildman–Crippen MR) is 62.5 cm³/mol. The van der Waals surface area contributed by atoms with Crippen molar-refractivity contribution in [3.05, 3.63) is 0 Å². The zero-order valence-corrected chi connectivity index (χ0v) is 10.7. The molecule has 0 unspecified atom stereocenters. The molecule has 3 N–H and O–H groups in total. The third kappa shape index (κ3) is 8.43. The van der Waals surface area contributed by atoms with Crippen LogP contribution in [0.1, 0.15) is 33.6 Å². The number of rotatable bonds is 9. The van der Waals surface area contributed by atoms with Crippen molar-refractivity contribution in [3.8, 4) is 0 Å². The molecule has 0 radical (unpaired) electrons. The molecule has 0 saturated carbocycles. The van der Waals surface area contributed by atoms with Crippen LogP contribution in [0.25, 0.3) is 0 Å². The van der Waals surface area contributed by atoms with Gasteiger partial charge in [0, 0.05) is 0 Å². The Labute approximate surface area is 85.0 Å². The molecule has 0 heterocycles. The van der Waals surface area contributed by atoms with Crippen molar-refractivity contribution in [2.75, 3.05) is 13.1 Å². The van der Waals surface area contributed by atoms with Gasteiger partial charge in [-0.2, -0.15) is 0 Å². The van der Waals surface area contributed by atoms with E-state index in [-0.39, 0.29) is 9.68 Å². The van der Waals surface area contributed by atoms with Crippen molar-refractivity contribution in [2.24, 2.45) is 0 Å². The Morgan fingerprint density at radius 3 is 2.15 bits per heavy atom. The van der Waals surface area contributed by atoms with Gasteiger partial charge >= 0.3 is 0 Å². The lowest BCUT2D eigenvalue weighted by molar-refractivity contribution is 0.425. The second-order valence-corrected chi connectivity index (χ2v) is 4.82. The minimum Gasteiger partial charge on any atom is -0.316 e. The van der Waals surface area contributed by atoms with Gasteiger partial charge in [0.2, 0.25) is 0 Å². The molecule has 3 nitrogen and oxygen atoms in total. The fraction of sp³-hybridized carbons (Fsp3) is 1.00. The molecule has 0 aromatic carbocycles.